The van der Waals surface area contributed by atoms with Crippen molar-refractivity contribution in [2.45, 2.75) is 54.8 Å². The minimum atomic E-state index is -0.704. The van der Waals surface area contributed by atoms with Crippen LogP contribution in [-0.2, 0) is 5.75 Å². The summed E-state index contributed by atoms with van der Waals surface area (Å²) < 4.78 is 38.9. The summed E-state index contributed by atoms with van der Waals surface area (Å²) in [6.45, 7) is 0. The van der Waals surface area contributed by atoms with Crippen molar-refractivity contribution < 1.29 is 22.7 Å². The van der Waals surface area contributed by atoms with E-state index in [0.29, 0.717) is 40.0 Å². The van der Waals surface area contributed by atoms with E-state index in [1.165, 1.54) is 23.9 Å². The van der Waals surface area contributed by atoms with Crippen LogP contribution in [0.1, 0.15) is 41.6 Å². The van der Waals surface area contributed by atoms with E-state index < -0.39 is 11.6 Å². The highest BCUT2D eigenvalue weighted by atomic mass is 35.5. The first kappa shape index (κ1) is 24.2. The number of rotatable bonds is 6. The minimum absolute atomic E-state index is 0.00828. The number of benzene rings is 3. The number of piperidine rings is 1. The van der Waals surface area contributed by atoms with Gasteiger partial charge < -0.3 is 14.1 Å². The Morgan fingerprint density at radius 2 is 1.81 bits per heavy atom. The highest BCUT2D eigenvalue weighted by molar-refractivity contribution is 7.98. The summed E-state index contributed by atoms with van der Waals surface area (Å²) in [5.74, 6) is -0.617. The lowest BCUT2D eigenvalue weighted by atomic mass is 9.98. The predicted molar refractivity (Wildman–Crippen MR) is 138 cm³/mol. The molecule has 3 aromatic carbocycles. The minimum Gasteiger partial charge on any atom is -0.487 e. The number of ether oxygens (including phenoxy) is 1. The number of amides is 1. The monoisotopic (exact) mass is 540 g/mol. The van der Waals surface area contributed by atoms with E-state index >= 15 is 0 Å². The van der Waals surface area contributed by atoms with Crippen LogP contribution in [0.3, 0.4) is 0 Å². The third-order valence-electron chi connectivity index (χ3n) is 7.01. The van der Waals surface area contributed by atoms with E-state index in [1.54, 1.807) is 12.1 Å². The fourth-order valence-electron chi connectivity index (χ4n) is 5.28. The lowest BCUT2D eigenvalue weighted by Crippen LogP contribution is -2.49. The fraction of sp³-hybridized carbons (Fsp3) is 0.286. The second-order valence-electron chi connectivity index (χ2n) is 9.46. The number of hydrogen-bond acceptors (Lipinski definition) is 5. The van der Waals surface area contributed by atoms with Crippen molar-refractivity contribution in [3.05, 3.63) is 88.4 Å². The Balaban J connectivity index is 1.08. The molecule has 190 valence electrons. The molecule has 9 heteroatoms. The average Bonchev–Trinajstić information content (AvgIpc) is 3.41. The number of fused-ring (bicyclic) bond motifs is 3. The molecule has 0 saturated carbocycles. The standard InChI is InChI=1S/C28H23ClF2N2O3S/c29-18-5-9-24-26(11-18)36-28(32-24)37-15-16-1-3-17(4-2-16)27(34)33-20-7-8-21(33)14-22(13-20)35-25-10-6-19(30)12-23(25)31/h1-6,9-12,20-22H,7-8,13-15H2. The van der Waals surface area contributed by atoms with Crippen LogP contribution in [0, 0.1) is 11.6 Å². The highest BCUT2D eigenvalue weighted by Crippen LogP contribution is 2.39. The Morgan fingerprint density at radius 1 is 1.05 bits per heavy atom. The molecule has 2 saturated heterocycles. The Hall–Kier alpha value is -3.10. The molecule has 0 aliphatic carbocycles. The molecular weight excluding hydrogens is 518 g/mol. The zero-order valence-corrected chi connectivity index (χ0v) is 21.3. The van der Waals surface area contributed by atoms with E-state index in [1.807, 2.05) is 35.2 Å². The second kappa shape index (κ2) is 9.99. The van der Waals surface area contributed by atoms with Crippen molar-refractivity contribution in [1.82, 2.24) is 9.88 Å². The van der Waals surface area contributed by atoms with Crippen molar-refractivity contribution in [2.24, 2.45) is 0 Å². The Bertz CT molecular complexity index is 1450. The highest BCUT2D eigenvalue weighted by Gasteiger charge is 2.44. The molecule has 37 heavy (non-hydrogen) atoms. The zero-order chi connectivity index (χ0) is 25.5. The Labute approximate surface area is 221 Å². The van der Waals surface area contributed by atoms with Gasteiger partial charge in [0.15, 0.2) is 17.1 Å². The molecule has 1 aromatic heterocycles. The quantitative estimate of drug-likeness (QED) is 0.241. The van der Waals surface area contributed by atoms with Gasteiger partial charge in [0.05, 0.1) is 0 Å². The molecule has 0 N–H and O–H groups in total. The van der Waals surface area contributed by atoms with Crippen molar-refractivity contribution in [2.75, 3.05) is 0 Å². The van der Waals surface area contributed by atoms with E-state index in [0.717, 1.165) is 30.0 Å². The molecule has 5 nitrogen and oxygen atoms in total. The third kappa shape index (κ3) is 5.05. The van der Waals surface area contributed by atoms with Gasteiger partial charge in [0.2, 0.25) is 0 Å². The summed E-state index contributed by atoms with van der Waals surface area (Å²) in [5, 5.41) is 1.17. The van der Waals surface area contributed by atoms with E-state index in [9.17, 15) is 13.6 Å². The number of thioether (sulfide) groups is 1. The van der Waals surface area contributed by atoms with Gasteiger partial charge in [-0.3, -0.25) is 4.79 Å². The first-order valence-corrected chi connectivity index (χ1v) is 13.5. The topological polar surface area (TPSA) is 55.6 Å². The van der Waals surface area contributed by atoms with Crippen LogP contribution in [0.5, 0.6) is 5.75 Å². The van der Waals surface area contributed by atoms with Gasteiger partial charge in [-0.15, -0.1) is 0 Å². The number of oxazole rings is 1. The summed E-state index contributed by atoms with van der Waals surface area (Å²) in [6.07, 6.45) is 2.84. The summed E-state index contributed by atoms with van der Waals surface area (Å²) in [5.41, 5.74) is 3.12. The van der Waals surface area contributed by atoms with Gasteiger partial charge in [-0.1, -0.05) is 35.5 Å². The molecule has 4 aromatic rings. The lowest BCUT2D eigenvalue weighted by Gasteiger charge is -2.39. The van der Waals surface area contributed by atoms with E-state index in [2.05, 4.69) is 4.98 Å². The van der Waals surface area contributed by atoms with Crippen molar-refractivity contribution >= 4 is 40.4 Å². The maximum absolute atomic E-state index is 14.0. The second-order valence-corrected chi connectivity index (χ2v) is 10.8. The fourth-order valence-corrected chi connectivity index (χ4v) is 6.24. The molecule has 2 unspecified atom stereocenters. The van der Waals surface area contributed by atoms with Gasteiger partial charge >= 0.3 is 0 Å². The van der Waals surface area contributed by atoms with Crippen LogP contribution < -0.4 is 4.74 Å². The van der Waals surface area contributed by atoms with Crippen LogP contribution in [0.2, 0.25) is 5.02 Å². The van der Waals surface area contributed by atoms with Gasteiger partial charge in [-0.2, -0.15) is 0 Å². The Morgan fingerprint density at radius 3 is 2.54 bits per heavy atom. The van der Waals surface area contributed by atoms with Crippen LogP contribution in [0.4, 0.5) is 8.78 Å². The van der Waals surface area contributed by atoms with Gasteiger partial charge in [-0.25, -0.2) is 13.8 Å². The SMILES string of the molecule is O=C(c1ccc(CSc2nc3ccc(Cl)cc3o2)cc1)N1C2CCC1CC(Oc1ccc(F)cc1F)C2. The summed E-state index contributed by atoms with van der Waals surface area (Å²) in [4.78, 5) is 19.8. The number of carbonyl (C=O) groups excluding carboxylic acids is 1. The van der Waals surface area contributed by atoms with Gasteiger partial charge in [0, 0.05) is 53.4 Å². The number of hydrogen-bond donors (Lipinski definition) is 0. The molecular formula is C28H23ClF2N2O3S. The average molecular weight is 541 g/mol. The number of halogens is 3. The molecule has 0 spiro atoms. The van der Waals surface area contributed by atoms with Gasteiger partial charge in [0.25, 0.3) is 11.1 Å². The predicted octanol–water partition coefficient (Wildman–Crippen LogP) is 7.27. The van der Waals surface area contributed by atoms with Gasteiger partial charge in [0.1, 0.15) is 17.4 Å². The molecule has 1 amide bonds. The number of nitrogens with zero attached hydrogens (tertiary/aromatic N) is 2. The van der Waals surface area contributed by atoms with Crippen LogP contribution >= 0.6 is 23.4 Å². The lowest BCUT2D eigenvalue weighted by molar-refractivity contribution is 0.0349. The van der Waals surface area contributed by atoms with Gasteiger partial charge in [-0.05, 0) is 54.8 Å². The smallest absolute Gasteiger partial charge is 0.257 e. The molecule has 6 rings (SSSR count). The molecule has 2 aliphatic rings. The largest absolute Gasteiger partial charge is 0.487 e. The molecule has 2 atom stereocenters. The maximum Gasteiger partial charge on any atom is 0.257 e. The molecule has 3 heterocycles. The van der Waals surface area contributed by atoms with Crippen LogP contribution in [0.15, 0.2) is 70.3 Å². The Kier molecular flexibility index (Phi) is 6.55. The number of aromatic nitrogens is 1. The number of carbonyl (C=O) groups is 1. The summed E-state index contributed by atoms with van der Waals surface area (Å²) in [7, 11) is 0. The molecule has 2 aliphatic heterocycles. The first-order chi connectivity index (χ1) is 17.9. The molecule has 2 fully saturated rings. The first-order valence-electron chi connectivity index (χ1n) is 12.1. The van der Waals surface area contributed by atoms with Crippen molar-refractivity contribution in [3.63, 3.8) is 0 Å². The summed E-state index contributed by atoms with van der Waals surface area (Å²) >= 11 is 7.50. The zero-order valence-electron chi connectivity index (χ0n) is 19.7. The molecule has 2 bridgehead atoms. The van der Waals surface area contributed by atoms with E-state index in [-0.39, 0.29) is 29.8 Å². The summed E-state index contributed by atoms with van der Waals surface area (Å²) in [6, 6.07) is 16.4. The molecule has 0 radical (unpaired) electrons. The van der Waals surface area contributed by atoms with Crippen LogP contribution in [-0.4, -0.2) is 34.0 Å². The van der Waals surface area contributed by atoms with E-state index in [4.69, 9.17) is 20.8 Å². The normalized spacial score (nSPS) is 20.9. The van der Waals surface area contributed by atoms with Crippen molar-refractivity contribution in [1.29, 1.82) is 0 Å². The van der Waals surface area contributed by atoms with Crippen LogP contribution in [0.25, 0.3) is 11.1 Å². The third-order valence-corrected chi connectivity index (χ3v) is 8.14. The van der Waals surface area contributed by atoms with Crippen molar-refractivity contribution in [3.8, 4) is 5.75 Å². The maximum atomic E-state index is 14.0.